The molecule has 0 aliphatic heterocycles. The van der Waals surface area contributed by atoms with Crippen LogP contribution in [0.5, 0.6) is 5.75 Å². The van der Waals surface area contributed by atoms with Crippen LogP contribution in [0.15, 0.2) is 36.5 Å². The van der Waals surface area contributed by atoms with Crippen LogP contribution in [-0.4, -0.2) is 11.0 Å². The van der Waals surface area contributed by atoms with Gasteiger partial charge >= 0.3 is 0 Å². The minimum absolute atomic E-state index is 0.107. The second-order valence-electron chi connectivity index (χ2n) is 5.21. The van der Waals surface area contributed by atoms with Gasteiger partial charge in [-0.15, -0.1) is 0 Å². The third-order valence-electron chi connectivity index (χ3n) is 3.27. The molecule has 0 amide bonds. The van der Waals surface area contributed by atoms with E-state index in [1.807, 2.05) is 12.1 Å². The molecule has 0 unspecified atom stereocenters. The molecule has 3 rings (SSSR count). The van der Waals surface area contributed by atoms with Crippen molar-refractivity contribution < 1.29 is 13.5 Å². The van der Waals surface area contributed by atoms with Gasteiger partial charge in [0.15, 0.2) is 0 Å². The highest BCUT2D eigenvalue weighted by atomic mass is 19.1. The average molecular weight is 290 g/mol. The number of hydrogen-bond donors (Lipinski definition) is 1. The number of hydrogen-bond acceptors (Lipinski definition) is 3. The smallest absolute Gasteiger partial charge is 0.138 e. The maximum absolute atomic E-state index is 13.0. The van der Waals surface area contributed by atoms with Crippen LogP contribution in [0.3, 0.4) is 0 Å². The molecular weight excluding hydrogens is 274 g/mol. The van der Waals surface area contributed by atoms with Crippen molar-refractivity contribution in [3.05, 3.63) is 59.4 Å². The molecule has 1 heterocycles. The molecule has 1 aliphatic rings. The van der Waals surface area contributed by atoms with Crippen LogP contribution < -0.4 is 10.1 Å². The monoisotopic (exact) mass is 290 g/mol. The fourth-order valence-electron chi connectivity index (χ4n) is 2.00. The van der Waals surface area contributed by atoms with Gasteiger partial charge in [0.2, 0.25) is 0 Å². The number of benzene rings is 1. The lowest BCUT2D eigenvalue weighted by Gasteiger charge is -2.07. The number of rotatable bonds is 6. The summed E-state index contributed by atoms with van der Waals surface area (Å²) in [6.07, 6.45) is 4.11. The first-order chi connectivity index (χ1) is 10.2. The Hall–Kier alpha value is -2.01. The van der Waals surface area contributed by atoms with Gasteiger partial charge in [-0.2, -0.15) is 0 Å². The minimum atomic E-state index is -0.603. The summed E-state index contributed by atoms with van der Waals surface area (Å²) in [5.74, 6) is -0.628. The van der Waals surface area contributed by atoms with Gasteiger partial charge in [-0.3, -0.25) is 4.98 Å². The highest BCUT2D eigenvalue weighted by molar-refractivity contribution is 5.22. The van der Waals surface area contributed by atoms with Crippen LogP contribution in [0.4, 0.5) is 8.78 Å². The van der Waals surface area contributed by atoms with Crippen LogP contribution in [0, 0.1) is 11.6 Å². The summed E-state index contributed by atoms with van der Waals surface area (Å²) in [6, 6.07) is 7.69. The zero-order valence-electron chi connectivity index (χ0n) is 11.5. The van der Waals surface area contributed by atoms with Crippen molar-refractivity contribution in [2.75, 3.05) is 0 Å². The van der Waals surface area contributed by atoms with Crippen molar-refractivity contribution >= 4 is 0 Å². The summed E-state index contributed by atoms with van der Waals surface area (Å²) in [5.41, 5.74) is 1.40. The van der Waals surface area contributed by atoms with Crippen molar-refractivity contribution in [2.24, 2.45) is 0 Å². The predicted octanol–water partition coefficient (Wildman–Crippen LogP) is 3.19. The third kappa shape index (κ3) is 4.23. The Kier molecular flexibility index (Phi) is 4.10. The molecule has 5 heteroatoms. The Balaban J connectivity index is 1.54. The van der Waals surface area contributed by atoms with E-state index in [9.17, 15) is 8.78 Å². The molecular formula is C16H16F2N2O. The normalized spacial score (nSPS) is 14.2. The van der Waals surface area contributed by atoms with Gasteiger partial charge < -0.3 is 10.1 Å². The number of aromatic nitrogens is 1. The van der Waals surface area contributed by atoms with E-state index in [2.05, 4.69) is 10.3 Å². The molecule has 0 bridgehead atoms. The molecule has 1 N–H and O–H groups in total. The van der Waals surface area contributed by atoms with E-state index in [0.717, 1.165) is 18.3 Å². The SMILES string of the molecule is Fc1cc(F)cc(COc2ccc(CNC3CC3)nc2)c1. The van der Waals surface area contributed by atoms with Gasteiger partial charge in [-0.1, -0.05) is 0 Å². The maximum atomic E-state index is 13.0. The summed E-state index contributed by atoms with van der Waals surface area (Å²) >= 11 is 0. The molecule has 0 saturated heterocycles. The summed E-state index contributed by atoms with van der Waals surface area (Å²) < 4.78 is 31.6. The van der Waals surface area contributed by atoms with Gasteiger partial charge in [0.25, 0.3) is 0 Å². The number of nitrogens with one attached hydrogen (secondary N) is 1. The van der Waals surface area contributed by atoms with E-state index in [0.29, 0.717) is 17.4 Å². The average Bonchev–Trinajstić information content (AvgIpc) is 3.27. The third-order valence-corrected chi connectivity index (χ3v) is 3.27. The lowest BCUT2D eigenvalue weighted by molar-refractivity contribution is 0.303. The fraction of sp³-hybridized carbons (Fsp3) is 0.312. The Morgan fingerprint density at radius 1 is 1.14 bits per heavy atom. The zero-order valence-corrected chi connectivity index (χ0v) is 11.5. The Morgan fingerprint density at radius 3 is 2.52 bits per heavy atom. The Bertz CT molecular complexity index is 592. The largest absolute Gasteiger partial charge is 0.487 e. The minimum Gasteiger partial charge on any atom is -0.487 e. The lowest BCUT2D eigenvalue weighted by Crippen LogP contribution is -2.16. The van der Waals surface area contributed by atoms with Crippen molar-refractivity contribution in [3.63, 3.8) is 0 Å². The number of ether oxygens (including phenoxy) is 1. The van der Waals surface area contributed by atoms with Gasteiger partial charge in [-0.05, 0) is 42.7 Å². The first-order valence-corrected chi connectivity index (χ1v) is 6.95. The maximum Gasteiger partial charge on any atom is 0.138 e. The molecule has 0 radical (unpaired) electrons. The summed E-state index contributed by atoms with van der Waals surface area (Å²) in [6.45, 7) is 0.857. The van der Waals surface area contributed by atoms with Crippen LogP contribution in [0.2, 0.25) is 0 Å². The van der Waals surface area contributed by atoms with Gasteiger partial charge in [0.05, 0.1) is 11.9 Å². The molecule has 0 atom stereocenters. The van der Waals surface area contributed by atoms with E-state index < -0.39 is 11.6 Å². The second kappa shape index (κ2) is 6.18. The summed E-state index contributed by atoms with van der Waals surface area (Å²) in [7, 11) is 0. The van der Waals surface area contributed by atoms with Crippen LogP contribution >= 0.6 is 0 Å². The van der Waals surface area contributed by atoms with E-state index in [1.54, 1.807) is 6.20 Å². The number of pyridine rings is 1. The van der Waals surface area contributed by atoms with Crippen LogP contribution in [0.1, 0.15) is 24.1 Å². The molecule has 0 spiro atoms. The summed E-state index contributed by atoms with van der Waals surface area (Å²) in [5, 5.41) is 3.38. The molecule has 21 heavy (non-hydrogen) atoms. The molecule has 1 saturated carbocycles. The predicted molar refractivity (Wildman–Crippen MR) is 74.8 cm³/mol. The van der Waals surface area contributed by atoms with E-state index in [-0.39, 0.29) is 6.61 Å². The highest BCUT2D eigenvalue weighted by Gasteiger charge is 2.20. The van der Waals surface area contributed by atoms with Crippen LogP contribution in [0.25, 0.3) is 0 Å². The van der Waals surface area contributed by atoms with E-state index in [4.69, 9.17) is 4.74 Å². The van der Waals surface area contributed by atoms with Crippen LogP contribution in [-0.2, 0) is 13.2 Å². The first-order valence-electron chi connectivity index (χ1n) is 6.95. The molecule has 1 aliphatic carbocycles. The molecule has 110 valence electrons. The van der Waals surface area contributed by atoms with Gasteiger partial charge in [0.1, 0.15) is 24.0 Å². The van der Waals surface area contributed by atoms with Gasteiger partial charge in [0, 0.05) is 18.7 Å². The number of nitrogens with zero attached hydrogens (tertiary/aromatic N) is 1. The Morgan fingerprint density at radius 2 is 1.90 bits per heavy atom. The van der Waals surface area contributed by atoms with Gasteiger partial charge in [-0.25, -0.2) is 8.78 Å². The van der Waals surface area contributed by atoms with Crippen molar-refractivity contribution in [1.29, 1.82) is 0 Å². The highest BCUT2D eigenvalue weighted by Crippen LogP contribution is 2.19. The van der Waals surface area contributed by atoms with E-state index >= 15 is 0 Å². The fourth-order valence-corrected chi connectivity index (χ4v) is 2.00. The van der Waals surface area contributed by atoms with Crippen molar-refractivity contribution in [2.45, 2.75) is 32.0 Å². The van der Waals surface area contributed by atoms with Crippen molar-refractivity contribution in [3.8, 4) is 5.75 Å². The molecule has 1 aromatic heterocycles. The standard InChI is InChI=1S/C16H16F2N2O/c17-12-5-11(6-13(18)7-12)10-21-16-4-3-15(20-9-16)8-19-14-1-2-14/h3-7,9,14,19H,1-2,8,10H2. The molecule has 3 nitrogen and oxygen atoms in total. The number of halogens is 2. The topological polar surface area (TPSA) is 34.1 Å². The quantitative estimate of drug-likeness (QED) is 0.887. The summed E-state index contributed by atoms with van der Waals surface area (Å²) in [4.78, 5) is 4.29. The lowest BCUT2D eigenvalue weighted by atomic mass is 10.2. The Labute approximate surface area is 122 Å². The molecule has 1 aromatic carbocycles. The first kappa shape index (κ1) is 13.9. The van der Waals surface area contributed by atoms with E-state index in [1.165, 1.54) is 25.0 Å². The van der Waals surface area contributed by atoms with Crippen molar-refractivity contribution in [1.82, 2.24) is 10.3 Å². The second-order valence-corrected chi connectivity index (χ2v) is 5.21. The zero-order chi connectivity index (χ0) is 14.7. The molecule has 2 aromatic rings. The molecule has 1 fully saturated rings.